The molecule has 1 aromatic rings. The molecule has 0 unspecified atom stereocenters. The van der Waals surface area contributed by atoms with Crippen LogP contribution in [0, 0.1) is 0 Å². The minimum Gasteiger partial charge on any atom is -0.415 e. The lowest BCUT2D eigenvalue weighted by molar-refractivity contribution is 0.139. The van der Waals surface area contributed by atoms with Crippen LogP contribution in [0.3, 0.4) is 0 Å². The van der Waals surface area contributed by atoms with Crippen LogP contribution in [-0.2, 0) is 4.43 Å². The molecule has 1 aliphatic carbocycles. The Hall–Kier alpha value is -0.603. The third kappa shape index (κ3) is 3.97. The summed E-state index contributed by atoms with van der Waals surface area (Å²) in [5.74, 6) is 0.762. The Morgan fingerprint density at radius 3 is 2.06 bits per heavy atom. The van der Waals surface area contributed by atoms with Gasteiger partial charge in [0.25, 0.3) is 0 Å². The number of hydrogen-bond acceptors (Lipinski definition) is 1. The molecule has 0 spiro atoms. The van der Waals surface area contributed by atoms with Gasteiger partial charge in [0.1, 0.15) is 0 Å². The molecule has 94 valence electrons. The summed E-state index contributed by atoms with van der Waals surface area (Å²) < 4.78 is 6.20. The summed E-state index contributed by atoms with van der Waals surface area (Å²) >= 11 is 0. The van der Waals surface area contributed by atoms with Crippen LogP contribution >= 0.6 is 0 Å². The van der Waals surface area contributed by atoms with Crippen molar-refractivity contribution in [2.45, 2.75) is 57.3 Å². The van der Waals surface area contributed by atoms with E-state index >= 15 is 0 Å². The van der Waals surface area contributed by atoms with Crippen LogP contribution in [0.1, 0.15) is 37.2 Å². The SMILES string of the molecule is C[Si](C)(C)OC1CCC(c2ccccc2)CC1. The smallest absolute Gasteiger partial charge is 0.184 e. The summed E-state index contributed by atoms with van der Waals surface area (Å²) in [4.78, 5) is 0. The van der Waals surface area contributed by atoms with Crippen molar-refractivity contribution >= 4 is 8.32 Å². The van der Waals surface area contributed by atoms with E-state index in [1.807, 2.05) is 0 Å². The van der Waals surface area contributed by atoms with Gasteiger partial charge in [-0.1, -0.05) is 30.3 Å². The van der Waals surface area contributed by atoms with E-state index < -0.39 is 8.32 Å². The molecule has 1 saturated carbocycles. The summed E-state index contributed by atoms with van der Waals surface area (Å²) in [7, 11) is -1.35. The molecule has 1 nitrogen and oxygen atoms in total. The first-order valence-corrected chi connectivity index (χ1v) is 10.2. The van der Waals surface area contributed by atoms with Gasteiger partial charge in [-0.25, -0.2) is 0 Å². The Bertz CT molecular complexity index is 334. The van der Waals surface area contributed by atoms with Gasteiger partial charge in [0, 0.05) is 6.10 Å². The fourth-order valence-corrected chi connectivity index (χ4v) is 3.97. The number of hydrogen-bond donors (Lipinski definition) is 0. The summed E-state index contributed by atoms with van der Waals surface area (Å²) in [5, 5.41) is 0. The van der Waals surface area contributed by atoms with Crippen LogP contribution in [-0.4, -0.2) is 14.4 Å². The van der Waals surface area contributed by atoms with E-state index in [2.05, 4.69) is 50.0 Å². The molecular formula is C15H24OSi. The maximum atomic E-state index is 6.20. The fourth-order valence-electron chi connectivity index (χ4n) is 2.74. The Labute approximate surface area is 106 Å². The van der Waals surface area contributed by atoms with Crippen LogP contribution in [0.25, 0.3) is 0 Å². The first-order chi connectivity index (χ1) is 8.04. The van der Waals surface area contributed by atoms with Gasteiger partial charge in [0.05, 0.1) is 0 Å². The van der Waals surface area contributed by atoms with E-state index in [-0.39, 0.29) is 0 Å². The first kappa shape index (κ1) is 12.8. The largest absolute Gasteiger partial charge is 0.415 e. The molecule has 0 atom stereocenters. The van der Waals surface area contributed by atoms with Crippen molar-refractivity contribution in [2.24, 2.45) is 0 Å². The van der Waals surface area contributed by atoms with Crippen molar-refractivity contribution in [1.82, 2.24) is 0 Å². The second-order valence-electron chi connectivity index (χ2n) is 6.11. The molecule has 0 radical (unpaired) electrons. The van der Waals surface area contributed by atoms with Gasteiger partial charge in [-0.2, -0.15) is 0 Å². The molecule has 2 heteroatoms. The summed E-state index contributed by atoms with van der Waals surface area (Å²) in [6, 6.07) is 10.9. The van der Waals surface area contributed by atoms with Crippen molar-refractivity contribution in [3.63, 3.8) is 0 Å². The van der Waals surface area contributed by atoms with Gasteiger partial charge in [-0.15, -0.1) is 0 Å². The minimum absolute atomic E-state index is 0.529. The lowest BCUT2D eigenvalue weighted by Gasteiger charge is -2.33. The van der Waals surface area contributed by atoms with Gasteiger partial charge in [-0.3, -0.25) is 0 Å². The van der Waals surface area contributed by atoms with Crippen molar-refractivity contribution in [1.29, 1.82) is 0 Å². The third-order valence-corrected chi connectivity index (χ3v) is 4.51. The molecule has 1 aromatic carbocycles. The fraction of sp³-hybridized carbons (Fsp3) is 0.600. The zero-order valence-electron chi connectivity index (χ0n) is 11.3. The molecule has 0 N–H and O–H groups in total. The second-order valence-corrected chi connectivity index (χ2v) is 10.6. The van der Waals surface area contributed by atoms with Crippen molar-refractivity contribution in [3.8, 4) is 0 Å². The molecule has 1 fully saturated rings. The summed E-state index contributed by atoms with van der Waals surface area (Å²) in [6.45, 7) is 6.86. The predicted molar refractivity (Wildman–Crippen MR) is 75.9 cm³/mol. The Morgan fingerprint density at radius 2 is 1.53 bits per heavy atom. The Balaban J connectivity index is 1.86. The van der Waals surface area contributed by atoms with Gasteiger partial charge < -0.3 is 4.43 Å². The van der Waals surface area contributed by atoms with Gasteiger partial charge in [0.2, 0.25) is 0 Å². The lowest BCUT2D eigenvalue weighted by Crippen LogP contribution is -2.34. The highest BCUT2D eigenvalue weighted by Crippen LogP contribution is 2.34. The molecule has 0 aliphatic heterocycles. The van der Waals surface area contributed by atoms with Crippen LogP contribution in [0.4, 0.5) is 0 Å². The molecule has 0 heterocycles. The lowest BCUT2D eigenvalue weighted by atomic mass is 9.83. The predicted octanol–water partition coefficient (Wildman–Crippen LogP) is 4.56. The molecule has 1 aliphatic rings. The van der Waals surface area contributed by atoms with Gasteiger partial charge in [-0.05, 0) is 56.8 Å². The van der Waals surface area contributed by atoms with E-state index in [9.17, 15) is 0 Å². The molecule has 0 amide bonds. The molecule has 0 bridgehead atoms. The Kier molecular flexibility index (Phi) is 4.05. The van der Waals surface area contributed by atoms with E-state index in [1.165, 1.54) is 31.2 Å². The van der Waals surface area contributed by atoms with E-state index in [0.29, 0.717) is 6.10 Å². The highest BCUT2D eigenvalue weighted by molar-refractivity contribution is 6.69. The maximum absolute atomic E-state index is 6.20. The number of rotatable bonds is 3. The topological polar surface area (TPSA) is 9.23 Å². The molecule has 17 heavy (non-hydrogen) atoms. The van der Waals surface area contributed by atoms with Crippen LogP contribution in [0.2, 0.25) is 19.6 Å². The van der Waals surface area contributed by atoms with E-state index in [1.54, 1.807) is 0 Å². The summed E-state index contributed by atoms with van der Waals surface area (Å²) in [6.07, 6.45) is 5.59. The molecule has 0 saturated heterocycles. The zero-order chi connectivity index (χ0) is 12.3. The average molecular weight is 248 g/mol. The normalized spacial score (nSPS) is 25.8. The zero-order valence-corrected chi connectivity index (χ0v) is 12.3. The quantitative estimate of drug-likeness (QED) is 0.712. The van der Waals surface area contributed by atoms with Crippen LogP contribution in [0.15, 0.2) is 30.3 Å². The van der Waals surface area contributed by atoms with Gasteiger partial charge >= 0.3 is 0 Å². The highest BCUT2D eigenvalue weighted by Gasteiger charge is 2.26. The second kappa shape index (κ2) is 5.36. The highest BCUT2D eigenvalue weighted by atomic mass is 28.4. The molecular weight excluding hydrogens is 224 g/mol. The number of benzene rings is 1. The van der Waals surface area contributed by atoms with Crippen LogP contribution in [0.5, 0.6) is 0 Å². The van der Waals surface area contributed by atoms with Crippen LogP contribution < -0.4 is 0 Å². The first-order valence-electron chi connectivity index (χ1n) is 6.77. The Morgan fingerprint density at radius 1 is 0.941 bits per heavy atom. The third-order valence-electron chi connectivity index (χ3n) is 3.47. The van der Waals surface area contributed by atoms with E-state index in [4.69, 9.17) is 4.43 Å². The van der Waals surface area contributed by atoms with Crippen molar-refractivity contribution < 1.29 is 4.43 Å². The maximum Gasteiger partial charge on any atom is 0.184 e. The minimum atomic E-state index is -1.35. The van der Waals surface area contributed by atoms with Crippen molar-refractivity contribution in [2.75, 3.05) is 0 Å². The standard InChI is InChI=1S/C15H24OSi/c1-17(2,3)16-15-11-9-14(10-12-15)13-7-5-4-6-8-13/h4-8,14-15H,9-12H2,1-3H3. The summed E-state index contributed by atoms with van der Waals surface area (Å²) in [5.41, 5.74) is 1.51. The van der Waals surface area contributed by atoms with E-state index in [0.717, 1.165) is 5.92 Å². The van der Waals surface area contributed by atoms with Gasteiger partial charge in [0.15, 0.2) is 8.32 Å². The molecule has 0 aromatic heterocycles. The average Bonchev–Trinajstić information content (AvgIpc) is 2.29. The van der Waals surface area contributed by atoms with Crippen molar-refractivity contribution in [3.05, 3.63) is 35.9 Å². The monoisotopic (exact) mass is 248 g/mol. The molecule has 2 rings (SSSR count).